The monoisotopic (exact) mass is 248 g/mol. The number of anilines is 1. The number of hydrogen-bond donors (Lipinski definition) is 1. The van der Waals surface area contributed by atoms with Gasteiger partial charge in [0, 0.05) is 19.3 Å². The van der Waals surface area contributed by atoms with E-state index in [1.807, 2.05) is 32.2 Å². The van der Waals surface area contributed by atoms with Crippen LogP contribution < -0.4 is 4.90 Å². The third-order valence-electron chi connectivity index (χ3n) is 3.93. The van der Waals surface area contributed by atoms with Gasteiger partial charge in [-0.25, -0.2) is 4.98 Å². The molecule has 0 spiro atoms. The molecule has 2 heterocycles. The average Bonchev–Trinajstić information content (AvgIpc) is 2.39. The fourth-order valence-electron chi connectivity index (χ4n) is 2.59. The number of hydrogen-bond acceptors (Lipinski definition) is 3. The highest BCUT2D eigenvalue weighted by molar-refractivity contribution is 5.76. The zero-order chi connectivity index (χ0) is 13.2. The summed E-state index contributed by atoms with van der Waals surface area (Å²) in [6, 6.07) is 3.99. The Kier molecular flexibility index (Phi) is 3.55. The fourth-order valence-corrected chi connectivity index (χ4v) is 2.59. The number of aromatic nitrogens is 1. The van der Waals surface area contributed by atoms with E-state index in [0.717, 1.165) is 30.8 Å². The number of rotatable bonds is 3. The Bertz CT molecular complexity index is 430. The van der Waals surface area contributed by atoms with E-state index < -0.39 is 11.4 Å². The highest BCUT2D eigenvalue weighted by Gasteiger charge is 2.41. The molecule has 1 unspecified atom stereocenters. The topological polar surface area (TPSA) is 53.4 Å². The van der Waals surface area contributed by atoms with Crippen LogP contribution in [-0.2, 0) is 4.79 Å². The normalized spacial score (nSPS) is 24.0. The number of carboxylic acids is 1. The van der Waals surface area contributed by atoms with Crippen molar-refractivity contribution in [1.29, 1.82) is 0 Å². The van der Waals surface area contributed by atoms with Crippen molar-refractivity contribution in [3.8, 4) is 0 Å². The molecule has 2 rings (SSSR count). The second kappa shape index (κ2) is 4.96. The molecule has 1 saturated heterocycles. The van der Waals surface area contributed by atoms with Crippen molar-refractivity contribution < 1.29 is 9.90 Å². The third-order valence-corrected chi connectivity index (χ3v) is 3.93. The maximum atomic E-state index is 11.5. The third kappa shape index (κ3) is 2.33. The molecular formula is C14H20N2O2. The summed E-state index contributed by atoms with van der Waals surface area (Å²) in [5.41, 5.74) is 0.515. The molecule has 0 amide bonds. The van der Waals surface area contributed by atoms with Gasteiger partial charge in [0.1, 0.15) is 5.82 Å². The SMILES string of the molecule is CCC1(C(=O)O)CCCN(c2ccc(C)cn2)C1. The molecule has 0 aliphatic carbocycles. The van der Waals surface area contributed by atoms with Crippen LogP contribution in [0.4, 0.5) is 5.82 Å². The van der Waals surface area contributed by atoms with Crippen molar-refractivity contribution in [2.24, 2.45) is 5.41 Å². The molecule has 4 nitrogen and oxygen atoms in total. The van der Waals surface area contributed by atoms with Crippen LogP contribution in [0.15, 0.2) is 18.3 Å². The Morgan fingerprint density at radius 3 is 2.89 bits per heavy atom. The average molecular weight is 248 g/mol. The molecule has 0 aromatic carbocycles. The van der Waals surface area contributed by atoms with Gasteiger partial charge in [-0.3, -0.25) is 4.79 Å². The second-order valence-corrected chi connectivity index (χ2v) is 5.16. The number of piperidine rings is 1. The van der Waals surface area contributed by atoms with Crippen LogP contribution in [0.1, 0.15) is 31.7 Å². The largest absolute Gasteiger partial charge is 0.481 e. The summed E-state index contributed by atoms with van der Waals surface area (Å²) in [7, 11) is 0. The van der Waals surface area contributed by atoms with E-state index in [-0.39, 0.29) is 0 Å². The number of pyridine rings is 1. The molecule has 0 bridgehead atoms. The molecule has 0 saturated carbocycles. The van der Waals surface area contributed by atoms with Crippen molar-refractivity contribution in [2.45, 2.75) is 33.1 Å². The second-order valence-electron chi connectivity index (χ2n) is 5.16. The van der Waals surface area contributed by atoms with Crippen molar-refractivity contribution in [3.05, 3.63) is 23.9 Å². The first kappa shape index (κ1) is 12.9. The number of aliphatic carboxylic acids is 1. The van der Waals surface area contributed by atoms with E-state index in [1.165, 1.54) is 0 Å². The summed E-state index contributed by atoms with van der Waals surface area (Å²) in [5, 5.41) is 9.45. The van der Waals surface area contributed by atoms with Crippen LogP contribution in [0, 0.1) is 12.3 Å². The Labute approximate surface area is 108 Å². The summed E-state index contributed by atoms with van der Waals surface area (Å²) in [6.07, 6.45) is 4.18. The Morgan fingerprint density at radius 2 is 2.33 bits per heavy atom. The zero-order valence-electron chi connectivity index (χ0n) is 11.0. The first-order valence-corrected chi connectivity index (χ1v) is 6.48. The maximum Gasteiger partial charge on any atom is 0.311 e. The minimum Gasteiger partial charge on any atom is -0.481 e. The van der Waals surface area contributed by atoms with Crippen molar-refractivity contribution in [3.63, 3.8) is 0 Å². The minimum absolute atomic E-state index is 0.564. The van der Waals surface area contributed by atoms with Crippen molar-refractivity contribution in [1.82, 2.24) is 4.98 Å². The zero-order valence-corrected chi connectivity index (χ0v) is 11.0. The lowest BCUT2D eigenvalue weighted by atomic mass is 9.77. The van der Waals surface area contributed by atoms with E-state index in [1.54, 1.807) is 0 Å². The number of aryl methyl sites for hydroxylation is 1. The van der Waals surface area contributed by atoms with Crippen LogP contribution in [0.3, 0.4) is 0 Å². The minimum atomic E-state index is -0.679. The van der Waals surface area contributed by atoms with E-state index in [4.69, 9.17) is 0 Å². The standard InChI is InChI=1S/C14H20N2O2/c1-3-14(13(17)18)7-4-8-16(10-14)12-6-5-11(2)9-15-12/h5-6,9H,3-4,7-8,10H2,1-2H3,(H,17,18). The summed E-state index contributed by atoms with van der Waals surface area (Å²) < 4.78 is 0. The van der Waals surface area contributed by atoms with Gasteiger partial charge in [0.05, 0.1) is 5.41 Å². The Balaban J connectivity index is 2.20. The molecule has 1 aromatic rings. The molecular weight excluding hydrogens is 228 g/mol. The highest BCUT2D eigenvalue weighted by atomic mass is 16.4. The van der Waals surface area contributed by atoms with Gasteiger partial charge >= 0.3 is 5.97 Å². The maximum absolute atomic E-state index is 11.5. The van der Waals surface area contributed by atoms with Gasteiger partial charge in [0.25, 0.3) is 0 Å². The van der Waals surface area contributed by atoms with Crippen molar-refractivity contribution >= 4 is 11.8 Å². The van der Waals surface area contributed by atoms with Crippen molar-refractivity contribution in [2.75, 3.05) is 18.0 Å². The smallest absolute Gasteiger partial charge is 0.311 e. The summed E-state index contributed by atoms with van der Waals surface area (Å²) in [6.45, 7) is 5.42. The summed E-state index contributed by atoms with van der Waals surface area (Å²) >= 11 is 0. The summed E-state index contributed by atoms with van der Waals surface area (Å²) in [5.74, 6) is 0.209. The van der Waals surface area contributed by atoms with Gasteiger partial charge in [-0.05, 0) is 37.8 Å². The molecule has 1 atom stereocenters. The lowest BCUT2D eigenvalue weighted by molar-refractivity contribution is -0.149. The first-order valence-electron chi connectivity index (χ1n) is 6.48. The lowest BCUT2D eigenvalue weighted by Crippen LogP contribution is -2.47. The van der Waals surface area contributed by atoms with Crippen LogP contribution in [0.2, 0.25) is 0 Å². The molecule has 1 aliphatic rings. The fraction of sp³-hybridized carbons (Fsp3) is 0.571. The van der Waals surface area contributed by atoms with E-state index in [2.05, 4.69) is 9.88 Å². The van der Waals surface area contributed by atoms with E-state index in [9.17, 15) is 9.90 Å². The molecule has 98 valence electrons. The highest BCUT2D eigenvalue weighted by Crippen LogP contribution is 2.35. The van der Waals surface area contributed by atoms with Gasteiger partial charge in [0.15, 0.2) is 0 Å². The predicted molar refractivity (Wildman–Crippen MR) is 70.8 cm³/mol. The van der Waals surface area contributed by atoms with Gasteiger partial charge < -0.3 is 10.0 Å². The van der Waals surface area contributed by atoms with Gasteiger partial charge in [-0.1, -0.05) is 13.0 Å². The van der Waals surface area contributed by atoms with Gasteiger partial charge in [0.2, 0.25) is 0 Å². The number of nitrogens with zero attached hydrogens (tertiary/aromatic N) is 2. The van der Waals surface area contributed by atoms with Gasteiger partial charge in [-0.2, -0.15) is 0 Å². The Morgan fingerprint density at radius 1 is 1.56 bits per heavy atom. The van der Waals surface area contributed by atoms with E-state index >= 15 is 0 Å². The number of carbonyl (C=O) groups is 1. The van der Waals surface area contributed by atoms with Crippen LogP contribution in [0.5, 0.6) is 0 Å². The number of carboxylic acid groups (broad SMARTS) is 1. The molecule has 1 aromatic heterocycles. The molecule has 18 heavy (non-hydrogen) atoms. The predicted octanol–water partition coefficient (Wildman–Crippen LogP) is 2.47. The van der Waals surface area contributed by atoms with Gasteiger partial charge in [-0.15, -0.1) is 0 Å². The molecule has 1 N–H and O–H groups in total. The van der Waals surface area contributed by atoms with Crippen LogP contribution in [-0.4, -0.2) is 29.1 Å². The molecule has 1 fully saturated rings. The first-order chi connectivity index (χ1) is 8.57. The molecule has 1 aliphatic heterocycles. The lowest BCUT2D eigenvalue weighted by Gasteiger charge is -2.40. The quantitative estimate of drug-likeness (QED) is 0.892. The molecule has 4 heteroatoms. The Hall–Kier alpha value is -1.58. The van der Waals surface area contributed by atoms with Crippen LogP contribution in [0.25, 0.3) is 0 Å². The summed E-state index contributed by atoms with van der Waals surface area (Å²) in [4.78, 5) is 18.0. The van der Waals surface area contributed by atoms with Crippen LogP contribution >= 0.6 is 0 Å². The van der Waals surface area contributed by atoms with E-state index in [0.29, 0.717) is 13.0 Å². The molecule has 0 radical (unpaired) electrons.